The maximum absolute atomic E-state index is 10.5. The van der Waals surface area contributed by atoms with E-state index >= 15 is 0 Å². The Balaban J connectivity index is 2.74. The fourth-order valence-corrected chi connectivity index (χ4v) is 1.14. The van der Waals surface area contributed by atoms with Crippen LogP contribution in [0.1, 0.15) is 11.5 Å². The molecule has 1 aromatic heterocycles. The number of carbonyl (C=O) groups is 1. The molecule has 72 valence electrons. The molecule has 3 N–H and O–H groups in total. The molecule has 0 spiro atoms. The summed E-state index contributed by atoms with van der Waals surface area (Å²) in [4.78, 5) is 14.6. The topological polar surface area (TPSA) is 81.1 Å². The van der Waals surface area contributed by atoms with Gasteiger partial charge in [-0.2, -0.15) is 0 Å². The molecular weight excluding hydrogens is 170 g/mol. The molecule has 1 aromatic rings. The van der Waals surface area contributed by atoms with Gasteiger partial charge in [-0.05, 0) is 13.8 Å². The molecule has 5 heteroatoms. The number of hydrogen-bond acceptors (Lipinski definition) is 3. The predicted molar refractivity (Wildman–Crippen MR) is 47.3 cm³/mol. The predicted octanol–water partition coefficient (Wildman–Crippen LogP) is -0.0882. The lowest BCUT2D eigenvalue weighted by Crippen LogP contribution is -2.34. The third-order valence-corrected chi connectivity index (χ3v) is 1.81. The maximum Gasteiger partial charge on any atom is 0.322 e. The lowest BCUT2D eigenvalue weighted by Gasteiger charge is -2.08. The molecule has 0 radical (unpaired) electrons. The molecule has 0 bridgehead atoms. The van der Waals surface area contributed by atoms with Crippen molar-refractivity contribution in [3.8, 4) is 0 Å². The molecule has 0 saturated carbocycles. The van der Waals surface area contributed by atoms with Crippen molar-refractivity contribution in [1.82, 2.24) is 9.55 Å². The van der Waals surface area contributed by atoms with Crippen LogP contribution in [0.4, 0.5) is 0 Å². The van der Waals surface area contributed by atoms with E-state index in [-0.39, 0.29) is 6.54 Å². The van der Waals surface area contributed by atoms with Crippen LogP contribution < -0.4 is 5.73 Å². The number of carboxylic acid groups (broad SMARTS) is 1. The first-order valence-electron chi connectivity index (χ1n) is 3.99. The third-order valence-electron chi connectivity index (χ3n) is 1.81. The number of rotatable bonds is 3. The molecule has 13 heavy (non-hydrogen) atoms. The van der Waals surface area contributed by atoms with Gasteiger partial charge in [-0.3, -0.25) is 4.79 Å². The Morgan fingerprint density at radius 2 is 2.38 bits per heavy atom. The van der Waals surface area contributed by atoms with Crippen molar-refractivity contribution in [2.24, 2.45) is 5.73 Å². The number of nitrogens with two attached hydrogens (primary N) is 1. The molecule has 0 fully saturated rings. The van der Waals surface area contributed by atoms with Crippen LogP contribution >= 0.6 is 0 Å². The van der Waals surface area contributed by atoms with Crippen molar-refractivity contribution in [2.45, 2.75) is 26.4 Å². The quantitative estimate of drug-likeness (QED) is 0.686. The lowest BCUT2D eigenvalue weighted by molar-refractivity contribution is -0.138. The molecule has 1 rings (SSSR count). The van der Waals surface area contributed by atoms with Crippen molar-refractivity contribution in [3.05, 3.63) is 17.7 Å². The maximum atomic E-state index is 10.5. The number of aryl methyl sites for hydroxylation is 2. The lowest BCUT2D eigenvalue weighted by atomic mass is 10.3. The standard InChI is InChI=1S/C8H13N3O2/c1-5-3-11(6(2)10-5)4-7(9)8(12)13/h3,7H,4,9H2,1-2H3,(H,12,13). The average Bonchev–Trinajstić information content (AvgIpc) is 2.30. The van der Waals surface area contributed by atoms with E-state index in [2.05, 4.69) is 4.98 Å². The Hall–Kier alpha value is -1.36. The molecular formula is C8H13N3O2. The summed E-state index contributed by atoms with van der Waals surface area (Å²) in [6.45, 7) is 3.94. The number of nitrogens with zero attached hydrogens (tertiary/aromatic N) is 2. The number of hydrogen-bond donors (Lipinski definition) is 2. The minimum Gasteiger partial charge on any atom is -0.480 e. The average molecular weight is 183 g/mol. The van der Waals surface area contributed by atoms with Crippen LogP contribution in [0.5, 0.6) is 0 Å². The van der Waals surface area contributed by atoms with Gasteiger partial charge in [0.05, 0.1) is 5.69 Å². The molecule has 1 heterocycles. The van der Waals surface area contributed by atoms with E-state index in [4.69, 9.17) is 10.8 Å². The second-order valence-electron chi connectivity index (χ2n) is 3.03. The molecule has 0 aromatic carbocycles. The highest BCUT2D eigenvalue weighted by Crippen LogP contribution is 2.01. The van der Waals surface area contributed by atoms with Gasteiger partial charge in [0.15, 0.2) is 0 Å². The zero-order valence-corrected chi connectivity index (χ0v) is 7.69. The smallest absolute Gasteiger partial charge is 0.322 e. The van der Waals surface area contributed by atoms with Gasteiger partial charge in [0.25, 0.3) is 0 Å². The van der Waals surface area contributed by atoms with E-state index in [1.807, 2.05) is 13.8 Å². The monoisotopic (exact) mass is 183 g/mol. The molecule has 1 unspecified atom stereocenters. The van der Waals surface area contributed by atoms with Gasteiger partial charge in [-0.1, -0.05) is 0 Å². The van der Waals surface area contributed by atoms with Gasteiger partial charge < -0.3 is 15.4 Å². The van der Waals surface area contributed by atoms with Crippen LogP contribution in [0.2, 0.25) is 0 Å². The first-order valence-corrected chi connectivity index (χ1v) is 3.99. The normalized spacial score (nSPS) is 12.8. The van der Waals surface area contributed by atoms with E-state index in [1.165, 1.54) is 0 Å². The molecule has 0 saturated heterocycles. The Bertz CT molecular complexity index is 319. The van der Waals surface area contributed by atoms with Gasteiger partial charge in [0.2, 0.25) is 0 Å². The SMILES string of the molecule is Cc1cn(CC(N)C(=O)O)c(C)n1. The van der Waals surface area contributed by atoms with Gasteiger partial charge in [-0.15, -0.1) is 0 Å². The molecule has 0 aliphatic heterocycles. The Morgan fingerprint density at radius 1 is 1.77 bits per heavy atom. The minimum absolute atomic E-state index is 0.266. The van der Waals surface area contributed by atoms with Crippen LogP contribution in [-0.2, 0) is 11.3 Å². The number of aliphatic carboxylic acids is 1. The second kappa shape index (κ2) is 3.57. The summed E-state index contributed by atoms with van der Waals surface area (Å²) in [5.41, 5.74) is 6.25. The van der Waals surface area contributed by atoms with Gasteiger partial charge in [0, 0.05) is 12.7 Å². The first-order chi connectivity index (χ1) is 6.00. The summed E-state index contributed by atoms with van der Waals surface area (Å²) in [6.07, 6.45) is 1.79. The molecule has 0 aliphatic carbocycles. The van der Waals surface area contributed by atoms with E-state index in [0.717, 1.165) is 11.5 Å². The summed E-state index contributed by atoms with van der Waals surface area (Å²) in [6, 6.07) is -0.868. The van der Waals surface area contributed by atoms with Crippen molar-refractivity contribution in [1.29, 1.82) is 0 Å². The van der Waals surface area contributed by atoms with Crippen LogP contribution in [0, 0.1) is 13.8 Å². The van der Waals surface area contributed by atoms with Crippen LogP contribution in [0.3, 0.4) is 0 Å². The van der Waals surface area contributed by atoms with Crippen LogP contribution in [0.25, 0.3) is 0 Å². The van der Waals surface area contributed by atoms with E-state index in [1.54, 1.807) is 10.8 Å². The van der Waals surface area contributed by atoms with Gasteiger partial charge >= 0.3 is 5.97 Å². The van der Waals surface area contributed by atoms with Crippen molar-refractivity contribution in [3.63, 3.8) is 0 Å². The second-order valence-corrected chi connectivity index (χ2v) is 3.03. The zero-order chi connectivity index (χ0) is 10.0. The van der Waals surface area contributed by atoms with Crippen molar-refractivity contribution >= 4 is 5.97 Å². The molecule has 1 atom stereocenters. The minimum atomic E-state index is -0.995. The van der Waals surface area contributed by atoms with Crippen molar-refractivity contribution < 1.29 is 9.90 Å². The largest absolute Gasteiger partial charge is 0.480 e. The number of carboxylic acids is 1. The third kappa shape index (κ3) is 2.29. The Labute approximate surface area is 76.2 Å². The molecule has 5 nitrogen and oxygen atoms in total. The summed E-state index contributed by atoms with van der Waals surface area (Å²) in [5, 5.41) is 8.58. The van der Waals surface area contributed by atoms with Gasteiger partial charge in [-0.25, -0.2) is 4.98 Å². The summed E-state index contributed by atoms with van der Waals surface area (Å²) >= 11 is 0. The first kappa shape index (κ1) is 9.73. The van der Waals surface area contributed by atoms with Crippen LogP contribution in [-0.4, -0.2) is 26.7 Å². The molecule has 0 aliphatic rings. The summed E-state index contributed by atoms with van der Waals surface area (Å²) in [7, 11) is 0. The van der Waals surface area contributed by atoms with E-state index in [0.29, 0.717) is 0 Å². The highest BCUT2D eigenvalue weighted by atomic mass is 16.4. The van der Waals surface area contributed by atoms with Crippen LogP contribution in [0.15, 0.2) is 6.20 Å². The number of aromatic nitrogens is 2. The number of imidazole rings is 1. The fourth-order valence-electron chi connectivity index (χ4n) is 1.14. The van der Waals surface area contributed by atoms with Gasteiger partial charge in [0.1, 0.15) is 11.9 Å². The van der Waals surface area contributed by atoms with Crippen molar-refractivity contribution in [2.75, 3.05) is 0 Å². The highest BCUT2D eigenvalue weighted by molar-refractivity contribution is 5.72. The zero-order valence-electron chi connectivity index (χ0n) is 7.69. The van der Waals surface area contributed by atoms with E-state index in [9.17, 15) is 4.79 Å². The Morgan fingerprint density at radius 3 is 2.77 bits per heavy atom. The highest BCUT2D eigenvalue weighted by Gasteiger charge is 2.13. The molecule has 0 amide bonds. The Kier molecular flexibility index (Phi) is 2.67. The summed E-state index contributed by atoms with van der Waals surface area (Å²) in [5.74, 6) is -0.208. The fraction of sp³-hybridized carbons (Fsp3) is 0.500. The van der Waals surface area contributed by atoms with E-state index < -0.39 is 12.0 Å². The summed E-state index contributed by atoms with van der Waals surface area (Å²) < 4.78 is 1.74.